The van der Waals surface area contributed by atoms with Crippen molar-refractivity contribution < 1.29 is 0 Å². The highest BCUT2D eigenvalue weighted by Crippen LogP contribution is 2.48. The van der Waals surface area contributed by atoms with Gasteiger partial charge in [0.25, 0.3) is 0 Å². The number of rotatable bonds is 2. The second-order valence-corrected chi connectivity index (χ2v) is 8.39. The number of hydrogen-bond donors (Lipinski definition) is 1. The highest BCUT2D eigenvalue weighted by molar-refractivity contribution is 5.06. The third kappa shape index (κ3) is 2.36. The quantitative estimate of drug-likeness (QED) is 0.848. The third-order valence-electron chi connectivity index (χ3n) is 7.61. The van der Waals surface area contributed by atoms with Gasteiger partial charge in [-0.25, -0.2) is 0 Å². The molecule has 0 amide bonds. The van der Waals surface area contributed by atoms with Crippen molar-refractivity contribution in [2.45, 2.75) is 63.3 Å². The van der Waals surface area contributed by atoms with Crippen molar-refractivity contribution in [1.82, 2.24) is 9.80 Å². The first-order valence-electron chi connectivity index (χ1n) is 9.44. The summed E-state index contributed by atoms with van der Waals surface area (Å²) in [5, 5.41) is 0. The lowest BCUT2D eigenvalue weighted by atomic mass is 9.66. The zero-order valence-electron chi connectivity index (χ0n) is 13.7. The van der Waals surface area contributed by atoms with Crippen molar-refractivity contribution in [3.8, 4) is 0 Å². The summed E-state index contributed by atoms with van der Waals surface area (Å²) in [6.45, 7) is 7.47. The van der Waals surface area contributed by atoms with E-state index in [1.807, 2.05) is 0 Å². The van der Waals surface area contributed by atoms with E-state index in [2.05, 4.69) is 9.80 Å². The minimum Gasteiger partial charge on any atom is -0.329 e. The lowest BCUT2D eigenvalue weighted by molar-refractivity contribution is -0.0405. The van der Waals surface area contributed by atoms with Gasteiger partial charge in [-0.15, -0.1) is 0 Å². The van der Waals surface area contributed by atoms with Crippen LogP contribution in [0.25, 0.3) is 0 Å². The summed E-state index contributed by atoms with van der Waals surface area (Å²) < 4.78 is 0. The van der Waals surface area contributed by atoms with Gasteiger partial charge in [-0.1, -0.05) is 19.3 Å². The van der Waals surface area contributed by atoms with Crippen molar-refractivity contribution in [3.05, 3.63) is 0 Å². The van der Waals surface area contributed by atoms with Gasteiger partial charge in [-0.05, 0) is 76.0 Å². The Hall–Kier alpha value is -0.120. The van der Waals surface area contributed by atoms with Crippen LogP contribution in [-0.2, 0) is 0 Å². The van der Waals surface area contributed by atoms with Gasteiger partial charge in [0.15, 0.2) is 0 Å². The van der Waals surface area contributed by atoms with Crippen LogP contribution >= 0.6 is 0 Å². The van der Waals surface area contributed by atoms with Crippen LogP contribution in [0, 0.1) is 11.3 Å². The molecule has 0 aromatic rings. The van der Waals surface area contributed by atoms with Gasteiger partial charge in [0.1, 0.15) is 0 Å². The number of hydrogen-bond acceptors (Lipinski definition) is 3. The Labute approximate surface area is 130 Å². The van der Waals surface area contributed by atoms with E-state index in [1.54, 1.807) is 0 Å². The molecule has 0 aromatic carbocycles. The van der Waals surface area contributed by atoms with Crippen LogP contribution in [0.1, 0.15) is 57.8 Å². The largest absolute Gasteiger partial charge is 0.329 e. The van der Waals surface area contributed by atoms with Crippen molar-refractivity contribution in [1.29, 1.82) is 0 Å². The summed E-state index contributed by atoms with van der Waals surface area (Å²) in [6.07, 6.45) is 13.1. The topological polar surface area (TPSA) is 32.5 Å². The van der Waals surface area contributed by atoms with Crippen LogP contribution in [0.2, 0.25) is 0 Å². The van der Waals surface area contributed by atoms with Gasteiger partial charge in [0.2, 0.25) is 0 Å². The van der Waals surface area contributed by atoms with Crippen molar-refractivity contribution in [3.63, 3.8) is 0 Å². The molecule has 1 aliphatic carbocycles. The fraction of sp³-hybridized carbons (Fsp3) is 1.00. The lowest BCUT2D eigenvalue weighted by Crippen LogP contribution is -2.64. The third-order valence-corrected chi connectivity index (χ3v) is 7.61. The van der Waals surface area contributed by atoms with Gasteiger partial charge in [-0.3, -0.25) is 4.90 Å². The summed E-state index contributed by atoms with van der Waals surface area (Å²) in [6, 6.07) is 0. The van der Waals surface area contributed by atoms with Gasteiger partial charge in [-0.2, -0.15) is 0 Å². The molecule has 0 radical (unpaired) electrons. The number of nitrogens with two attached hydrogens (primary N) is 1. The van der Waals surface area contributed by atoms with E-state index < -0.39 is 0 Å². The second-order valence-electron chi connectivity index (χ2n) is 8.39. The first kappa shape index (κ1) is 14.5. The number of nitrogens with zero attached hydrogens (tertiary/aromatic N) is 2. The molecule has 3 nitrogen and oxygen atoms in total. The highest BCUT2D eigenvalue weighted by Gasteiger charge is 2.50. The van der Waals surface area contributed by atoms with E-state index >= 15 is 0 Å². The number of likely N-dealkylation sites (tertiary alicyclic amines) is 1. The minimum atomic E-state index is 0.350. The normalized spacial score (nSPS) is 43.3. The Morgan fingerprint density at radius 3 is 2.33 bits per heavy atom. The molecule has 3 unspecified atom stereocenters. The van der Waals surface area contributed by atoms with Gasteiger partial charge in [0, 0.05) is 18.6 Å². The summed E-state index contributed by atoms with van der Waals surface area (Å²) in [4.78, 5) is 5.51. The Bertz CT molecular complexity index is 367. The zero-order chi connectivity index (χ0) is 14.3. The molecule has 120 valence electrons. The molecule has 1 saturated carbocycles. The van der Waals surface area contributed by atoms with Crippen LogP contribution in [0.5, 0.6) is 0 Å². The first-order chi connectivity index (χ1) is 10.3. The van der Waals surface area contributed by atoms with E-state index in [-0.39, 0.29) is 0 Å². The van der Waals surface area contributed by atoms with E-state index in [1.165, 1.54) is 90.5 Å². The average molecular weight is 291 g/mol. The van der Waals surface area contributed by atoms with Crippen LogP contribution in [-0.4, -0.2) is 54.6 Å². The predicted molar refractivity (Wildman–Crippen MR) is 87.3 cm³/mol. The molecule has 21 heavy (non-hydrogen) atoms. The zero-order valence-corrected chi connectivity index (χ0v) is 13.7. The smallest absolute Gasteiger partial charge is 0.0384 e. The summed E-state index contributed by atoms with van der Waals surface area (Å²) >= 11 is 0. The monoisotopic (exact) mass is 291 g/mol. The van der Waals surface area contributed by atoms with E-state index in [0.29, 0.717) is 5.54 Å². The van der Waals surface area contributed by atoms with Crippen molar-refractivity contribution in [2.75, 3.05) is 39.3 Å². The molecule has 3 aliphatic heterocycles. The minimum absolute atomic E-state index is 0.350. The average Bonchev–Trinajstić information content (AvgIpc) is 2.94. The van der Waals surface area contributed by atoms with E-state index in [0.717, 1.165) is 17.9 Å². The Morgan fingerprint density at radius 2 is 1.62 bits per heavy atom. The Balaban J connectivity index is 1.46. The number of piperidine rings is 2. The first-order valence-corrected chi connectivity index (χ1v) is 9.44. The summed E-state index contributed by atoms with van der Waals surface area (Å²) in [7, 11) is 0. The predicted octanol–water partition coefficient (Wildman–Crippen LogP) is 2.46. The highest BCUT2D eigenvalue weighted by atomic mass is 15.3. The molecule has 3 heteroatoms. The molecule has 0 aromatic heterocycles. The molecule has 2 bridgehead atoms. The molecular weight excluding hydrogens is 258 g/mol. The Kier molecular flexibility index (Phi) is 3.79. The summed E-state index contributed by atoms with van der Waals surface area (Å²) in [5.74, 6) is 0.844. The molecule has 3 saturated heterocycles. The molecule has 4 fully saturated rings. The summed E-state index contributed by atoms with van der Waals surface area (Å²) in [5.41, 5.74) is 7.44. The Morgan fingerprint density at radius 1 is 0.857 bits per heavy atom. The SMILES string of the molecule is NCC1(N2CCC3(CCCCC3)CC2)CCN2CCC1C2. The maximum Gasteiger partial charge on any atom is 0.0384 e. The van der Waals surface area contributed by atoms with Gasteiger partial charge in [0.05, 0.1) is 0 Å². The molecule has 3 atom stereocenters. The van der Waals surface area contributed by atoms with E-state index in [4.69, 9.17) is 5.73 Å². The standard InChI is InChI=1S/C18H33N3/c19-15-18(9-11-20-10-4-16(18)14-20)21-12-7-17(8-13-21)5-2-1-3-6-17/h16H,1-15,19H2. The second kappa shape index (κ2) is 5.50. The van der Waals surface area contributed by atoms with Gasteiger partial charge >= 0.3 is 0 Å². The van der Waals surface area contributed by atoms with E-state index in [9.17, 15) is 0 Å². The molecule has 4 rings (SSSR count). The van der Waals surface area contributed by atoms with Gasteiger partial charge < -0.3 is 10.6 Å². The van der Waals surface area contributed by atoms with Crippen LogP contribution in [0.4, 0.5) is 0 Å². The fourth-order valence-electron chi connectivity index (χ4n) is 6.07. The molecule has 3 heterocycles. The molecule has 4 aliphatic rings. The molecule has 2 N–H and O–H groups in total. The lowest BCUT2D eigenvalue weighted by Gasteiger charge is -2.55. The maximum atomic E-state index is 6.36. The number of fused-ring (bicyclic) bond motifs is 2. The van der Waals surface area contributed by atoms with Crippen LogP contribution in [0.3, 0.4) is 0 Å². The molecule has 1 spiro atoms. The molecular formula is C18H33N3. The van der Waals surface area contributed by atoms with Crippen molar-refractivity contribution in [2.24, 2.45) is 17.1 Å². The fourth-order valence-corrected chi connectivity index (χ4v) is 6.07. The van der Waals surface area contributed by atoms with Crippen molar-refractivity contribution >= 4 is 0 Å². The van der Waals surface area contributed by atoms with Crippen LogP contribution < -0.4 is 5.73 Å². The van der Waals surface area contributed by atoms with Crippen LogP contribution in [0.15, 0.2) is 0 Å². The maximum absolute atomic E-state index is 6.36.